The number of nitrogens with zero attached hydrogens (tertiary/aromatic N) is 3. The monoisotopic (exact) mass is 385 g/mol. The predicted molar refractivity (Wildman–Crippen MR) is 107 cm³/mol. The smallest absolute Gasteiger partial charge is 0.410 e. The molecule has 0 saturated carbocycles. The number of aryl methyl sites for hydroxylation is 1. The highest BCUT2D eigenvalue weighted by atomic mass is 16.6. The van der Waals surface area contributed by atoms with Gasteiger partial charge in [0.05, 0.1) is 6.54 Å². The maximum absolute atomic E-state index is 12.6. The molecule has 28 heavy (non-hydrogen) atoms. The number of rotatable bonds is 6. The van der Waals surface area contributed by atoms with Crippen LogP contribution in [0.25, 0.3) is 0 Å². The molecule has 0 N–H and O–H groups in total. The normalized spacial score (nSPS) is 25.5. The Morgan fingerprint density at radius 2 is 1.93 bits per heavy atom. The van der Waals surface area contributed by atoms with E-state index in [9.17, 15) is 9.59 Å². The van der Waals surface area contributed by atoms with E-state index in [-0.39, 0.29) is 24.0 Å². The topological polar surface area (TPSA) is 53.1 Å². The van der Waals surface area contributed by atoms with E-state index in [2.05, 4.69) is 35.2 Å². The lowest BCUT2D eigenvalue weighted by atomic mass is 9.79. The molecule has 2 amide bonds. The van der Waals surface area contributed by atoms with E-state index in [0.717, 1.165) is 39.0 Å². The van der Waals surface area contributed by atoms with Gasteiger partial charge in [-0.05, 0) is 50.8 Å². The second-order valence-electron chi connectivity index (χ2n) is 8.57. The Morgan fingerprint density at radius 3 is 2.71 bits per heavy atom. The highest BCUT2D eigenvalue weighted by Gasteiger charge is 2.43. The van der Waals surface area contributed by atoms with Crippen molar-refractivity contribution in [1.29, 1.82) is 0 Å². The zero-order valence-corrected chi connectivity index (χ0v) is 16.6. The first-order valence-electron chi connectivity index (χ1n) is 10.6. The fraction of sp³-hybridized carbons (Fsp3) is 0.636. The van der Waals surface area contributed by atoms with Crippen LogP contribution < -0.4 is 0 Å². The van der Waals surface area contributed by atoms with E-state index in [4.69, 9.17) is 4.74 Å². The quantitative estimate of drug-likeness (QED) is 0.755. The third-order valence-electron chi connectivity index (χ3n) is 6.49. The van der Waals surface area contributed by atoms with Gasteiger partial charge in [-0.25, -0.2) is 4.79 Å². The Labute approximate surface area is 167 Å². The van der Waals surface area contributed by atoms with Gasteiger partial charge in [0.25, 0.3) is 0 Å². The molecule has 1 spiro atoms. The maximum atomic E-state index is 12.6. The van der Waals surface area contributed by atoms with Crippen molar-refractivity contribution < 1.29 is 14.3 Å². The lowest BCUT2D eigenvalue weighted by molar-refractivity contribution is -0.131. The average molecular weight is 386 g/mol. The molecule has 6 nitrogen and oxygen atoms in total. The van der Waals surface area contributed by atoms with E-state index in [1.54, 1.807) is 0 Å². The summed E-state index contributed by atoms with van der Waals surface area (Å²) in [7, 11) is 0. The van der Waals surface area contributed by atoms with Crippen molar-refractivity contribution in [3.05, 3.63) is 35.9 Å². The summed E-state index contributed by atoms with van der Waals surface area (Å²) in [6.07, 6.45) is 5.45. The van der Waals surface area contributed by atoms with Gasteiger partial charge in [-0.1, -0.05) is 30.3 Å². The van der Waals surface area contributed by atoms with Crippen molar-refractivity contribution in [2.24, 2.45) is 5.41 Å². The molecule has 1 unspecified atom stereocenters. The van der Waals surface area contributed by atoms with Crippen LogP contribution in [-0.2, 0) is 16.0 Å². The molecule has 3 aliphatic rings. The van der Waals surface area contributed by atoms with Crippen molar-refractivity contribution in [3.63, 3.8) is 0 Å². The van der Waals surface area contributed by atoms with Crippen LogP contribution in [0.3, 0.4) is 0 Å². The highest BCUT2D eigenvalue weighted by molar-refractivity contribution is 5.83. The van der Waals surface area contributed by atoms with Gasteiger partial charge >= 0.3 is 6.09 Å². The Hall–Kier alpha value is -2.08. The molecule has 3 heterocycles. The van der Waals surface area contributed by atoms with Crippen molar-refractivity contribution in [3.8, 4) is 0 Å². The number of piperidine rings is 1. The van der Waals surface area contributed by atoms with Gasteiger partial charge in [-0.3, -0.25) is 9.69 Å². The first-order chi connectivity index (χ1) is 13.6. The summed E-state index contributed by atoms with van der Waals surface area (Å²) < 4.78 is 4.93. The van der Waals surface area contributed by atoms with Crippen LogP contribution in [-0.4, -0.2) is 79.1 Å². The van der Waals surface area contributed by atoms with E-state index < -0.39 is 0 Å². The molecule has 1 aromatic rings. The van der Waals surface area contributed by atoms with Crippen molar-refractivity contribution >= 4 is 12.0 Å². The van der Waals surface area contributed by atoms with Crippen molar-refractivity contribution in [2.45, 2.75) is 32.1 Å². The molecule has 0 aliphatic carbocycles. The molecule has 0 aromatic heterocycles. The van der Waals surface area contributed by atoms with E-state index in [0.29, 0.717) is 13.2 Å². The second-order valence-corrected chi connectivity index (χ2v) is 8.57. The zero-order chi connectivity index (χ0) is 19.4. The SMILES string of the molecule is O=C(CN1CCOC1=O)N1CCC2(CCCN(CCCc3ccccc3)C2)C1. The zero-order valence-electron chi connectivity index (χ0n) is 16.6. The lowest BCUT2D eigenvalue weighted by Gasteiger charge is -2.40. The maximum Gasteiger partial charge on any atom is 0.410 e. The molecular weight excluding hydrogens is 354 g/mol. The summed E-state index contributed by atoms with van der Waals surface area (Å²) >= 11 is 0. The van der Waals surface area contributed by atoms with Crippen LogP contribution in [0.5, 0.6) is 0 Å². The Kier molecular flexibility index (Phi) is 5.85. The van der Waals surface area contributed by atoms with Crippen LogP contribution in [0.15, 0.2) is 30.3 Å². The summed E-state index contributed by atoms with van der Waals surface area (Å²) in [6.45, 7) is 6.14. The van der Waals surface area contributed by atoms with E-state index in [1.165, 1.54) is 36.3 Å². The van der Waals surface area contributed by atoms with Gasteiger partial charge in [0.1, 0.15) is 13.2 Å². The first-order valence-corrected chi connectivity index (χ1v) is 10.6. The minimum absolute atomic E-state index is 0.0666. The van der Waals surface area contributed by atoms with Gasteiger partial charge in [-0.2, -0.15) is 0 Å². The fourth-order valence-corrected chi connectivity index (χ4v) is 4.97. The van der Waals surface area contributed by atoms with Crippen LogP contribution >= 0.6 is 0 Å². The van der Waals surface area contributed by atoms with Crippen LogP contribution in [0.2, 0.25) is 0 Å². The van der Waals surface area contributed by atoms with Gasteiger partial charge < -0.3 is 14.5 Å². The van der Waals surface area contributed by atoms with E-state index >= 15 is 0 Å². The van der Waals surface area contributed by atoms with Crippen molar-refractivity contribution in [1.82, 2.24) is 14.7 Å². The fourth-order valence-electron chi connectivity index (χ4n) is 4.97. The minimum Gasteiger partial charge on any atom is -0.448 e. The summed E-state index contributed by atoms with van der Waals surface area (Å²) in [5.41, 5.74) is 1.65. The number of hydrogen-bond donors (Lipinski definition) is 0. The van der Waals surface area contributed by atoms with Crippen molar-refractivity contribution in [2.75, 3.05) is 52.4 Å². The second kappa shape index (κ2) is 8.52. The number of carbonyl (C=O) groups is 2. The van der Waals surface area contributed by atoms with Gasteiger partial charge in [0.15, 0.2) is 0 Å². The third-order valence-corrected chi connectivity index (χ3v) is 6.49. The minimum atomic E-state index is -0.357. The van der Waals surface area contributed by atoms with Gasteiger partial charge in [0, 0.05) is 25.0 Å². The number of likely N-dealkylation sites (tertiary alicyclic amines) is 2. The summed E-state index contributed by atoms with van der Waals surface area (Å²) in [6, 6.07) is 10.7. The van der Waals surface area contributed by atoms with Crippen LogP contribution in [0, 0.1) is 5.41 Å². The predicted octanol–water partition coefficient (Wildman–Crippen LogP) is 2.39. The van der Waals surface area contributed by atoms with Crippen LogP contribution in [0.4, 0.5) is 4.79 Å². The summed E-state index contributed by atoms with van der Waals surface area (Å²) in [4.78, 5) is 30.3. The average Bonchev–Trinajstić information content (AvgIpc) is 3.29. The molecule has 1 aromatic carbocycles. The number of hydrogen-bond acceptors (Lipinski definition) is 4. The third kappa shape index (κ3) is 4.49. The van der Waals surface area contributed by atoms with Crippen LogP contribution in [0.1, 0.15) is 31.2 Å². The highest BCUT2D eigenvalue weighted by Crippen LogP contribution is 2.39. The van der Waals surface area contributed by atoms with Gasteiger partial charge in [-0.15, -0.1) is 0 Å². The molecule has 0 bridgehead atoms. The molecule has 4 rings (SSSR count). The number of cyclic esters (lactones) is 1. The Morgan fingerprint density at radius 1 is 1.07 bits per heavy atom. The Balaban J connectivity index is 1.25. The molecule has 1 atom stereocenters. The molecule has 6 heteroatoms. The number of amides is 2. The molecule has 3 saturated heterocycles. The number of ether oxygens (including phenoxy) is 1. The molecule has 152 valence electrons. The standard InChI is InChI=1S/C22H31N3O3/c26-20(16-24-14-15-28-21(24)27)25-13-10-22(18-25)9-5-12-23(17-22)11-4-8-19-6-2-1-3-7-19/h1-3,6-7H,4-5,8-18H2. The summed E-state index contributed by atoms with van der Waals surface area (Å²) in [5, 5.41) is 0. The molecule has 3 aliphatic heterocycles. The molecule has 3 fully saturated rings. The largest absolute Gasteiger partial charge is 0.448 e. The summed E-state index contributed by atoms with van der Waals surface area (Å²) in [5.74, 6) is 0.0666. The van der Waals surface area contributed by atoms with Gasteiger partial charge in [0.2, 0.25) is 5.91 Å². The number of benzene rings is 1. The first kappa shape index (κ1) is 19.2. The lowest BCUT2D eigenvalue weighted by Crippen LogP contribution is -2.46. The number of carbonyl (C=O) groups excluding carboxylic acids is 2. The van der Waals surface area contributed by atoms with E-state index in [1.807, 2.05) is 4.90 Å². The molecular formula is C22H31N3O3. The Bertz CT molecular complexity index is 696. The molecule has 0 radical (unpaired) electrons.